The van der Waals surface area contributed by atoms with Gasteiger partial charge in [0.15, 0.2) is 5.43 Å². The molecule has 0 unspecified atom stereocenters. The Bertz CT molecular complexity index is 517. The van der Waals surface area contributed by atoms with Crippen LogP contribution in [0.5, 0.6) is 0 Å². The lowest BCUT2D eigenvalue weighted by atomic mass is 10.3. The van der Waals surface area contributed by atoms with E-state index in [1.807, 2.05) is 39.8 Å². The SMILES string of the molecule is Cc1cc(=O)cc(C)[nH]1.Cc1cc(Cl)cc(C)n1. The van der Waals surface area contributed by atoms with E-state index in [1.54, 1.807) is 12.1 Å². The topological polar surface area (TPSA) is 45.8 Å². The molecule has 0 aliphatic carbocycles. The summed E-state index contributed by atoms with van der Waals surface area (Å²) in [7, 11) is 0. The molecule has 2 aromatic heterocycles. The van der Waals surface area contributed by atoms with Gasteiger partial charge < -0.3 is 4.98 Å². The molecule has 0 saturated carbocycles. The minimum absolute atomic E-state index is 0.0729. The van der Waals surface area contributed by atoms with E-state index < -0.39 is 0 Å². The molecule has 2 heterocycles. The summed E-state index contributed by atoms with van der Waals surface area (Å²) in [6, 6.07) is 6.84. The number of pyridine rings is 2. The fourth-order valence-corrected chi connectivity index (χ4v) is 1.95. The molecule has 0 aliphatic rings. The molecule has 0 amide bonds. The van der Waals surface area contributed by atoms with Crippen molar-refractivity contribution < 1.29 is 0 Å². The molecular formula is C14H17ClN2O. The molecule has 2 aromatic rings. The lowest BCUT2D eigenvalue weighted by molar-refractivity contribution is 1.11. The van der Waals surface area contributed by atoms with Crippen molar-refractivity contribution in [2.75, 3.05) is 0 Å². The summed E-state index contributed by atoms with van der Waals surface area (Å²) in [5.41, 5.74) is 3.85. The van der Waals surface area contributed by atoms with Crippen molar-refractivity contribution in [1.29, 1.82) is 0 Å². The quantitative estimate of drug-likeness (QED) is 0.793. The second kappa shape index (κ2) is 6.36. The standard InChI is InChI=1S/C7H8ClN.C7H9NO/c1-5-3-7(8)4-6(2)9-5;1-5-3-7(9)4-6(2)8-5/h3-4H,1-2H3;3-4H,1-2H3,(H,8,9). The van der Waals surface area contributed by atoms with Gasteiger partial charge in [-0.3, -0.25) is 9.78 Å². The molecule has 2 rings (SSSR count). The fraction of sp³-hybridized carbons (Fsp3) is 0.286. The number of rotatable bonds is 0. The first-order valence-corrected chi connectivity index (χ1v) is 6.03. The van der Waals surface area contributed by atoms with Gasteiger partial charge in [-0.25, -0.2) is 0 Å². The summed E-state index contributed by atoms with van der Waals surface area (Å²) in [5.74, 6) is 0. The summed E-state index contributed by atoms with van der Waals surface area (Å²) >= 11 is 5.71. The number of halogens is 1. The fourth-order valence-electron chi connectivity index (χ4n) is 1.64. The van der Waals surface area contributed by atoms with Gasteiger partial charge in [0.25, 0.3) is 0 Å². The monoisotopic (exact) mass is 264 g/mol. The van der Waals surface area contributed by atoms with Crippen LogP contribution in [0.2, 0.25) is 5.02 Å². The molecule has 4 heteroatoms. The van der Waals surface area contributed by atoms with Crippen LogP contribution in [0.3, 0.4) is 0 Å². The first kappa shape index (κ1) is 14.5. The van der Waals surface area contributed by atoms with Crippen LogP contribution in [0.4, 0.5) is 0 Å². The van der Waals surface area contributed by atoms with Crippen LogP contribution in [0, 0.1) is 27.7 Å². The highest BCUT2D eigenvalue weighted by Crippen LogP contribution is 2.09. The van der Waals surface area contributed by atoms with E-state index in [-0.39, 0.29) is 5.43 Å². The molecule has 0 aliphatic heterocycles. The maximum absolute atomic E-state index is 10.7. The van der Waals surface area contributed by atoms with Crippen LogP contribution in [0.1, 0.15) is 22.8 Å². The number of hydrogen-bond acceptors (Lipinski definition) is 2. The van der Waals surface area contributed by atoms with E-state index in [0.29, 0.717) is 0 Å². The number of aromatic amines is 1. The zero-order chi connectivity index (χ0) is 13.7. The Hall–Kier alpha value is -1.61. The van der Waals surface area contributed by atoms with Crippen LogP contribution in [-0.4, -0.2) is 9.97 Å². The summed E-state index contributed by atoms with van der Waals surface area (Å²) in [6.07, 6.45) is 0. The third-order valence-corrected chi connectivity index (χ3v) is 2.38. The molecule has 0 fully saturated rings. The van der Waals surface area contributed by atoms with Gasteiger partial charge >= 0.3 is 0 Å². The smallest absolute Gasteiger partial charge is 0.182 e. The van der Waals surface area contributed by atoms with Crippen molar-refractivity contribution in [3.05, 3.63) is 62.3 Å². The van der Waals surface area contributed by atoms with Crippen molar-refractivity contribution in [2.45, 2.75) is 27.7 Å². The highest BCUT2D eigenvalue weighted by Gasteiger charge is 1.90. The maximum Gasteiger partial charge on any atom is 0.182 e. The number of nitrogens with zero attached hydrogens (tertiary/aromatic N) is 1. The van der Waals surface area contributed by atoms with E-state index in [4.69, 9.17) is 11.6 Å². The maximum atomic E-state index is 10.7. The summed E-state index contributed by atoms with van der Waals surface area (Å²) < 4.78 is 0. The Morgan fingerprint density at radius 2 is 1.39 bits per heavy atom. The molecule has 0 radical (unpaired) electrons. The van der Waals surface area contributed by atoms with E-state index in [2.05, 4.69) is 9.97 Å². The van der Waals surface area contributed by atoms with Gasteiger partial charge in [-0.15, -0.1) is 0 Å². The molecule has 0 spiro atoms. The lowest BCUT2D eigenvalue weighted by Crippen LogP contribution is -2.00. The number of aromatic nitrogens is 2. The molecule has 96 valence electrons. The zero-order valence-electron chi connectivity index (χ0n) is 11.0. The molecule has 1 N–H and O–H groups in total. The summed E-state index contributed by atoms with van der Waals surface area (Å²) in [4.78, 5) is 17.9. The number of aryl methyl sites for hydroxylation is 4. The lowest BCUT2D eigenvalue weighted by Gasteiger charge is -1.94. The van der Waals surface area contributed by atoms with Crippen LogP contribution < -0.4 is 5.43 Å². The Kier molecular flexibility index (Phi) is 5.10. The molecule has 0 aromatic carbocycles. The number of nitrogens with one attached hydrogen (secondary N) is 1. The van der Waals surface area contributed by atoms with Gasteiger partial charge in [0.05, 0.1) is 0 Å². The van der Waals surface area contributed by atoms with E-state index in [1.165, 1.54) is 0 Å². The normalized spacial score (nSPS) is 9.61. The van der Waals surface area contributed by atoms with Crippen molar-refractivity contribution in [3.63, 3.8) is 0 Å². The predicted molar refractivity (Wildman–Crippen MR) is 75.3 cm³/mol. The van der Waals surface area contributed by atoms with Crippen LogP contribution in [-0.2, 0) is 0 Å². The second-order valence-electron chi connectivity index (χ2n) is 4.25. The highest BCUT2D eigenvalue weighted by atomic mass is 35.5. The Labute approximate surface area is 112 Å². The third kappa shape index (κ3) is 5.15. The minimum atomic E-state index is 0.0729. The first-order chi connectivity index (χ1) is 8.36. The van der Waals surface area contributed by atoms with Crippen LogP contribution in [0.25, 0.3) is 0 Å². The van der Waals surface area contributed by atoms with Crippen molar-refractivity contribution in [3.8, 4) is 0 Å². The number of hydrogen-bond donors (Lipinski definition) is 1. The van der Waals surface area contributed by atoms with E-state index >= 15 is 0 Å². The molecule has 0 saturated heterocycles. The van der Waals surface area contributed by atoms with Crippen molar-refractivity contribution in [2.24, 2.45) is 0 Å². The minimum Gasteiger partial charge on any atom is -0.362 e. The van der Waals surface area contributed by atoms with E-state index in [0.717, 1.165) is 27.8 Å². The predicted octanol–water partition coefficient (Wildman–Crippen LogP) is 3.34. The first-order valence-electron chi connectivity index (χ1n) is 5.65. The highest BCUT2D eigenvalue weighted by molar-refractivity contribution is 6.30. The van der Waals surface area contributed by atoms with Gasteiger partial charge in [0, 0.05) is 39.9 Å². The van der Waals surface area contributed by atoms with Crippen LogP contribution in [0.15, 0.2) is 29.1 Å². The van der Waals surface area contributed by atoms with Crippen molar-refractivity contribution >= 4 is 11.6 Å². The van der Waals surface area contributed by atoms with Gasteiger partial charge in [0.2, 0.25) is 0 Å². The van der Waals surface area contributed by atoms with Gasteiger partial charge in [-0.05, 0) is 39.8 Å². The Morgan fingerprint density at radius 1 is 0.944 bits per heavy atom. The van der Waals surface area contributed by atoms with Crippen LogP contribution >= 0.6 is 11.6 Å². The second-order valence-corrected chi connectivity index (χ2v) is 4.69. The summed E-state index contributed by atoms with van der Waals surface area (Å²) in [6.45, 7) is 7.60. The zero-order valence-corrected chi connectivity index (χ0v) is 11.8. The van der Waals surface area contributed by atoms with Gasteiger partial charge in [-0.2, -0.15) is 0 Å². The molecule has 18 heavy (non-hydrogen) atoms. The molecule has 0 bridgehead atoms. The van der Waals surface area contributed by atoms with E-state index in [9.17, 15) is 4.79 Å². The number of H-pyrrole nitrogens is 1. The Balaban J connectivity index is 0.000000180. The molecular weight excluding hydrogens is 248 g/mol. The average Bonchev–Trinajstić information content (AvgIpc) is 2.12. The third-order valence-electron chi connectivity index (χ3n) is 2.16. The summed E-state index contributed by atoms with van der Waals surface area (Å²) in [5, 5.41) is 0.764. The molecule has 0 atom stereocenters. The van der Waals surface area contributed by atoms with Gasteiger partial charge in [-0.1, -0.05) is 11.6 Å². The van der Waals surface area contributed by atoms with Crippen molar-refractivity contribution in [1.82, 2.24) is 9.97 Å². The molecule has 3 nitrogen and oxygen atoms in total. The largest absolute Gasteiger partial charge is 0.362 e. The van der Waals surface area contributed by atoms with Gasteiger partial charge in [0.1, 0.15) is 0 Å². The average molecular weight is 265 g/mol. The Morgan fingerprint density at radius 3 is 1.72 bits per heavy atom.